The highest BCUT2D eigenvalue weighted by atomic mass is 16.5. The fourth-order valence-corrected chi connectivity index (χ4v) is 2.91. The van der Waals surface area contributed by atoms with Crippen molar-refractivity contribution in [3.05, 3.63) is 46.1 Å². The van der Waals surface area contributed by atoms with Crippen molar-refractivity contribution in [2.45, 2.75) is 58.7 Å². The zero-order chi connectivity index (χ0) is 20.4. The van der Waals surface area contributed by atoms with Gasteiger partial charge in [-0.05, 0) is 52.7 Å². The second-order valence-corrected chi connectivity index (χ2v) is 7.47. The van der Waals surface area contributed by atoms with Gasteiger partial charge in [-0.25, -0.2) is 0 Å². The zero-order valence-corrected chi connectivity index (χ0v) is 17.0. The van der Waals surface area contributed by atoms with Crippen LogP contribution in [-0.4, -0.2) is 33.2 Å². The number of pyridine rings is 1. The van der Waals surface area contributed by atoms with Crippen LogP contribution < -0.4 is 21.2 Å². The normalized spacial score (nSPS) is 14.6. The molecule has 1 aliphatic rings. The van der Waals surface area contributed by atoms with E-state index in [9.17, 15) is 9.59 Å². The first-order valence-electron chi connectivity index (χ1n) is 9.57. The second kappa shape index (κ2) is 8.00. The molecule has 0 spiro atoms. The Balaban J connectivity index is 2.01. The van der Waals surface area contributed by atoms with Gasteiger partial charge in [0.1, 0.15) is 11.3 Å². The van der Waals surface area contributed by atoms with E-state index in [1.165, 1.54) is 0 Å². The molecule has 1 aliphatic carbocycles. The number of aromatic nitrogens is 3. The maximum absolute atomic E-state index is 13.0. The van der Waals surface area contributed by atoms with Crippen molar-refractivity contribution in [2.24, 2.45) is 4.99 Å². The summed E-state index contributed by atoms with van der Waals surface area (Å²) in [7, 11) is 1.64. The Morgan fingerprint density at radius 1 is 1.32 bits per heavy atom. The van der Waals surface area contributed by atoms with E-state index in [0.29, 0.717) is 5.62 Å². The number of amides is 1. The van der Waals surface area contributed by atoms with Crippen LogP contribution in [0.1, 0.15) is 63.0 Å². The van der Waals surface area contributed by atoms with Crippen molar-refractivity contribution in [2.75, 3.05) is 12.4 Å². The van der Waals surface area contributed by atoms with Crippen molar-refractivity contribution in [1.29, 1.82) is 0 Å². The number of rotatable bonds is 6. The summed E-state index contributed by atoms with van der Waals surface area (Å²) in [4.78, 5) is 34.3. The van der Waals surface area contributed by atoms with Crippen molar-refractivity contribution in [3.8, 4) is 5.88 Å². The lowest BCUT2D eigenvalue weighted by atomic mass is 10.2. The first-order valence-corrected chi connectivity index (χ1v) is 9.57. The molecular formula is C20H27N5O3. The summed E-state index contributed by atoms with van der Waals surface area (Å²) in [6, 6.07) is 3.67. The lowest BCUT2D eigenvalue weighted by Gasteiger charge is -2.18. The Bertz CT molecular complexity index is 1000. The highest BCUT2D eigenvalue weighted by Gasteiger charge is 2.26. The minimum absolute atomic E-state index is 0.0506. The molecule has 0 unspecified atom stereocenters. The minimum atomic E-state index is -0.439. The zero-order valence-electron chi connectivity index (χ0n) is 17.0. The lowest BCUT2D eigenvalue weighted by Crippen LogP contribution is -2.31. The monoisotopic (exact) mass is 385 g/mol. The minimum Gasteiger partial charge on any atom is -0.474 e. The van der Waals surface area contributed by atoms with Gasteiger partial charge < -0.3 is 19.2 Å². The SMILES string of the molecule is CN=c1nc(OC(C)C)c(C(=O)Nc2cccn(C3CC3)c2=O)cn1C(C)C. The van der Waals surface area contributed by atoms with Crippen LogP contribution in [0, 0.1) is 0 Å². The maximum Gasteiger partial charge on any atom is 0.274 e. The molecule has 1 amide bonds. The fraction of sp³-hybridized carbons (Fsp3) is 0.500. The summed E-state index contributed by atoms with van der Waals surface area (Å²) in [6.07, 6.45) is 5.25. The summed E-state index contributed by atoms with van der Waals surface area (Å²) in [5, 5.41) is 2.73. The van der Waals surface area contributed by atoms with Crippen LogP contribution in [-0.2, 0) is 0 Å². The summed E-state index contributed by atoms with van der Waals surface area (Å²) < 4.78 is 9.23. The van der Waals surface area contributed by atoms with Crippen molar-refractivity contribution in [3.63, 3.8) is 0 Å². The number of hydrogen-bond acceptors (Lipinski definition) is 5. The van der Waals surface area contributed by atoms with E-state index >= 15 is 0 Å². The Labute approximate surface area is 163 Å². The van der Waals surface area contributed by atoms with Gasteiger partial charge in [0.15, 0.2) is 0 Å². The van der Waals surface area contributed by atoms with Gasteiger partial charge in [0.2, 0.25) is 11.5 Å². The molecule has 0 saturated heterocycles. The molecule has 8 heteroatoms. The van der Waals surface area contributed by atoms with Gasteiger partial charge in [0.05, 0.1) is 6.10 Å². The molecule has 2 heterocycles. The highest BCUT2D eigenvalue weighted by molar-refractivity contribution is 6.05. The van der Waals surface area contributed by atoms with E-state index in [-0.39, 0.29) is 40.9 Å². The molecule has 0 bridgehead atoms. The van der Waals surface area contributed by atoms with Crippen molar-refractivity contribution >= 4 is 11.6 Å². The molecule has 1 fully saturated rings. The molecule has 150 valence electrons. The van der Waals surface area contributed by atoms with Crippen molar-refractivity contribution < 1.29 is 9.53 Å². The number of nitrogens with zero attached hydrogens (tertiary/aromatic N) is 4. The van der Waals surface area contributed by atoms with Gasteiger partial charge >= 0.3 is 0 Å². The van der Waals surface area contributed by atoms with E-state index in [1.54, 1.807) is 40.7 Å². The highest BCUT2D eigenvalue weighted by Crippen LogP contribution is 2.33. The molecule has 28 heavy (non-hydrogen) atoms. The number of carbonyl (C=O) groups excluding carboxylic acids is 1. The summed E-state index contributed by atoms with van der Waals surface area (Å²) >= 11 is 0. The average Bonchev–Trinajstić information content (AvgIpc) is 3.47. The Morgan fingerprint density at radius 3 is 2.61 bits per heavy atom. The largest absolute Gasteiger partial charge is 0.474 e. The molecule has 0 aromatic carbocycles. The topological polar surface area (TPSA) is 90.5 Å². The Morgan fingerprint density at radius 2 is 2.04 bits per heavy atom. The van der Waals surface area contributed by atoms with E-state index in [2.05, 4.69) is 15.3 Å². The van der Waals surface area contributed by atoms with Crippen LogP contribution >= 0.6 is 0 Å². The van der Waals surface area contributed by atoms with Crippen LogP contribution in [0.15, 0.2) is 34.3 Å². The summed E-state index contributed by atoms with van der Waals surface area (Å²) in [5.74, 6) is -0.241. The van der Waals surface area contributed by atoms with Gasteiger partial charge in [-0.15, -0.1) is 0 Å². The molecule has 8 nitrogen and oxygen atoms in total. The van der Waals surface area contributed by atoms with E-state index < -0.39 is 5.91 Å². The standard InChI is InChI=1S/C20H27N5O3/c1-12(2)25-11-15(18(28-13(3)4)23-20(25)21-5)17(26)22-16-7-6-10-24(19(16)27)14-8-9-14/h6-7,10-14H,8-9H2,1-5H3,(H,22,26). The third-order valence-corrected chi connectivity index (χ3v) is 4.44. The second-order valence-electron chi connectivity index (χ2n) is 7.47. The van der Waals surface area contributed by atoms with Gasteiger partial charge in [-0.3, -0.25) is 14.6 Å². The van der Waals surface area contributed by atoms with Crippen LogP contribution in [0.3, 0.4) is 0 Å². The smallest absolute Gasteiger partial charge is 0.274 e. The van der Waals surface area contributed by atoms with Gasteiger partial charge in [-0.1, -0.05) is 0 Å². The summed E-state index contributed by atoms with van der Waals surface area (Å²) in [5.41, 5.74) is 0.777. The Kier molecular flexibility index (Phi) is 5.67. The third kappa shape index (κ3) is 4.16. The van der Waals surface area contributed by atoms with Crippen LogP contribution in [0.4, 0.5) is 5.69 Å². The molecule has 1 saturated carbocycles. The molecule has 2 aromatic heterocycles. The van der Waals surface area contributed by atoms with E-state index in [1.807, 2.05) is 27.7 Å². The predicted octanol–water partition coefficient (Wildman–Crippen LogP) is 2.53. The van der Waals surface area contributed by atoms with Crippen LogP contribution in [0.25, 0.3) is 0 Å². The maximum atomic E-state index is 13.0. The van der Waals surface area contributed by atoms with Crippen LogP contribution in [0.2, 0.25) is 0 Å². The predicted molar refractivity (Wildman–Crippen MR) is 107 cm³/mol. The molecule has 0 atom stereocenters. The van der Waals surface area contributed by atoms with Gasteiger partial charge in [-0.2, -0.15) is 4.98 Å². The van der Waals surface area contributed by atoms with Crippen molar-refractivity contribution in [1.82, 2.24) is 14.1 Å². The molecule has 1 N–H and O–H groups in total. The first kappa shape index (κ1) is 19.9. The van der Waals surface area contributed by atoms with Gasteiger partial charge in [0.25, 0.3) is 11.5 Å². The molecule has 2 aromatic rings. The average molecular weight is 385 g/mol. The third-order valence-electron chi connectivity index (χ3n) is 4.44. The van der Waals surface area contributed by atoms with E-state index in [0.717, 1.165) is 12.8 Å². The van der Waals surface area contributed by atoms with Gasteiger partial charge in [0, 0.05) is 31.5 Å². The van der Waals surface area contributed by atoms with Crippen LogP contribution in [0.5, 0.6) is 5.88 Å². The molecular weight excluding hydrogens is 358 g/mol. The fourth-order valence-electron chi connectivity index (χ4n) is 2.91. The summed E-state index contributed by atoms with van der Waals surface area (Å²) in [6.45, 7) is 7.68. The Hall–Kier alpha value is -2.90. The first-order chi connectivity index (χ1) is 13.3. The number of hydrogen-bond donors (Lipinski definition) is 1. The quantitative estimate of drug-likeness (QED) is 0.827. The molecule has 0 radical (unpaired) electrons. The lowest BCUT2D eigenvalue weighted by molar-refractivity contribution is 0.101. The number of anilines is 1. The number of carbonyl (C=O) groups is 1. The number of ether oxygens (including phenoxy) is 1. The molecule has 0 aliphatic heterocycles. The number of nitrogens with one attached hydrogen (secondary N) is 1. The molecule has 3 rings (SSSR count). The van der Waals surface area contributed by atoms with E-state index in [4.69, 9.17) is 4.74 Å².